The van der Waals surface area contributed by atoms with Crippen LogP contribution in [0.5, 0.6) is 11.5 Å². The van der Waals surface area contributed by atoms with Crippen LogP contribution < -0.4 is 4.74 Å². The Morgan fingerprint density at radius 1 is 1.21 bits per heavy atom. The average molecular weight is 326 g/mol. The average Bonchev–Trinajstić information content (AvgIpc) is 2.59. The van der Waals surface area contributed by atoms with Crippen molar-refractivity contribution in [2.24, 2.45) is 0 Å². The van der Waals surface area contributed by atoms with E-state index in [1.54, 1.807) is 19.1 Å². The zero-order valence-corrected chi connectivity index (χ0v) is 13.8. The van der Waals surface area contributed by atoms with Crippen molar-refractivity contribution in [3.05, 3.63) is 71.8 Å². The van der Waals surface area contributed by atoms with E-state index >= 15 is 0 Å². The molecule has 2 aromatic carbocycles. The van der Waals surface area contributed by atoms with Gasteiger partial charge in [0, 0.05) is 6.07 Å². The first-order chi connectivity index (χ1) is 11.7. The van der Waals surface area contributed by atoms with Gasteiger partial charge in [-0.25, -0.2) is 4.79 Å². The smallest absolute Gasteiger partial charge is 0.342 e. The number of rotatable bonds is 8. The van der Waals surface area contributed by atoms with Crippen LogP contribution in [-0.2, 0) is 17.6 Å². The van der Waals surface area contributed by atoms with Gasteiger partial charge in [0.2, 0.25) is 0 Å². The molecule has 24 heavy (non-hydrogen) atoms. The van der Waals surface area contributed by atoms with E-state index in [4.69, 9.17) is 9.47 Å². The molecule has 0 fully saturated rings. The van der Waals surface area contributed by atoms with Gasteiger partial charge in [-0.3, -0.25) is 0 Å². The molecule has 0 bridgehead atoms. The van der Waals surface area contributed by atoms with Gasteiger partial charge in [0.1, 0.15) is 23.7 Å². The molecule has 1 N–H and O–H groups in total. The Kier molecular flexibility index (Phi) is 6.43. The third-order valence-corrected chi connectivity index (χ3v) is 3.55. The fraction of sp³-hybridized carbons (Fsp3) is 0.250. The van der Waals surface area contributed by atoms with Gasteiger partial charge < -0.3 is 14.6 Å². The normalized spacial score (nSPS) is 10.2. The summed E-state index contributed by atoms with van der Waals surface area (Å²) in [5.74, 6) is -0.144. The van der Waals surface area contributed by atoms with E-state index in [0.29, 0.717) is 24.3 Å². The molecule has 0 spiro atoms. The number of aryl methyl sites for hydroxylation is 2. The molecule has 126 valence electrons. The van der Waals surface area contributed by atoms with E-state index in [1.807, 2.05) is 30.3 Å². The quantitative estimate of drug-likeness (QED) is 0.590. The summed E-state index contributed by atoms with van der Waals surface area (Å²) < 4.78 is 10.6. The van der Waals surface area contributed by atoms with E-state index < -0.39 is 5.97 Å². The highest BCUT2D eigenvalue weighted by molar-refractivity contribution is 5.94. The van der Waals surface area contributed by atoms with Crippen LogP contribution in [0.4, 0.5) is 0 Å². The second-order valence-corrected chi connectivity index (χ2v) is 5.28. The van der Waals surface area contributed by atoms with Gasteiger partial charge in [-0.2, -0.15) is 0 Å². The van der Waals surface area contributed by atoms with Crippen LogP contribution >= 0.6 is 0 Å². The zero-order valence-electron chi connectivity index (χ0n) is 13.8. The summed E-state index contributed by atoms with van der Waals surface area (Å²) in [6, 6.07) is 13.2. The first-order valence-electron chi connectivity index (χ1n) is 7.96. The number of esters is 1. The summed E-state index contributed by atoms with van der Waals surface area (Å²) in [4.78, 5) is 12.2. The summed E-state index contributed by atoms with van der Waals surface area (Å²) in [6.45, 7) is 5.93. The number of ether oxygens (including phenoxy) is 2. The van der Waals surface area contributed by atoms with Gasteiger partial charge in [-0.1, -0.05) is 43.0 Å². The molecule has 2 rings (SSSR count). The second-order valence-electron chi connectivity index (χ2n) is 5.28. The fourth-order valence-corrected chi connectivity index (χ4v) is 2.46. The molecular formula is C20H22O4. The lowest BCUT2D eigenvalue weighted by Crippen LogP contribution is -2.10. The van der Waals surface area contributed by atoms with Gasteiger partial charge in [-0.15, -0.1) is 0 Å². The molecule has 0 heterocycles. The van der Waals surface area contributed by atoms with Crippen LogP contribution in [0.2, 0.25) is 0 Å². The van der Waals surface area contributed by atoms with Crippen molar-refractivity contribution >= 4 is 5.97 Å². The van der Waals surface area contributed by atoms with Crippen LogP contribution in [0.1, 0.15) is 28.4 Å². The van der Waals surface area contributed by atoms with Crippen LogP contribution in [0.15, 0.2) is 55.1 Å². The molecule has 0 aromatic heterocycles. The Hall–Kier alpha value is -2.75. The molecule has 0 amide bonds. The number of benzene rings is 2. The molecule has 0 radical (unpaired) electrons. The van der Waals surface area contributed by atoms with Crippen LogP contribution in [-0.4, -0.2) is 24.3 Å². The predicted molar refractivity (Wildman–Crippen MR) is 93.6 cm³/mol. The first kappa shape index (κ1) is 17.6. The SMILES string of the molecule is C=CCOc1cc(O)c(C(=O)OCC)c(CCc2ccccc2)c1. The Bertz CT molecular complexity index is 692. The minimum atomic E-state index is -0.520. The maximum Gasteiger partial charge on any atom is 0.342 e. The lowest BCUT2D eigenvalue weighted by atomic mass is 9.98. The van der Waals surface area contributed by atoms with Gasteiger partial charge in [0.05, 0.1) is 6.61 Å². The maximum atomic E-state index is 12.2. The van der Waals surface area contributed by atoms with Crippen LogP contribution in [0.25, 0.3) is 0 Å². The van der Waals surface area contributed by atoms with Crippen molar-refractivity contribution in [2.45, 2.75) is 19.8 Å². The van der Waals surface area contributed by atoms with Crippen molar-refractivity contribution < 1.29 is 19.4 Å². The van der Waals surface area contributed by atoms with Gasteiger partial charge in [0.15, 0.2) is 0 Å². The molecule has 0 saturated carbocycles. The van der Waals surface area contributed by atoms with Gasteiger partial charge >= 0.3 is 5.97 Å². The minimum absolute atomic E-state index is 0.127. The van der Waals surface area contributed by atoms with Crippen molar-refractivity contribution in [3.8, 4) is 11.5 Å². The summed E-state index contributed by atoms with van der Waals surface area (Å²) >= 11 is 0. The molecule has 0 atom stereocenters. The number of aromatic hydroxyl groups is 1. The number of phenols is 1. The van der Waals surface area contributed by atoms with Crippen LogP contribution in [0.3, 0.4) is 0 Å². The molecular weight excluding hydrogens is 304 g/mol. The first-order valence-corrected chi connectivity index (χ1v) is 7.96. The predicted octanol–water partition coefficient (Wildman–Crippen LogP) is 3.92. The monoisotopic (exact) mass is 326 g/mol. The number of phenolic OH excluding ortho intramolecular Hbond substituents is 1. The molecule has 0 unspecified atom stereocenters. The molecule has 4 nitrogen and oxygen atoms in total. The Labute approximate surface area is 142 Å². The lowest BCUT2D eigenvalue weighted by Gasteiger charge is -2.13. The van der Waals surface area contributed by atoms with E-state index in [2.05, 4.69) is 6.58 Å². The van der Waals surface area contributed by atoms with E-state index in [0.717, 1.165) is 12.0 Å². The molecule has 0 aliphatic carbocycles. The largest absolute Gasteiger partial charge is 0.507 e. The van der Waals surface area contributed by atoms with Gasteiger partial charge in [-0.05, 0) is 37.0 Å². The molecule has 4 heteroatoms. The number of carbonyl (C=O) groups is 1. The van der Waals surface area contributed by atoms with Crippen molar-refractivity contribution in [2.75, 3.05) is 13.2 Å². The third-order valence-electron chi connectivity index (χ3n) is 3.55. The second kappa shape index (κ2) is 8.77. The summed E-state index contributed by atoms with van der Waals surface area (Å²) in [5.41, 5.74) is 2.07. The number of hydrogen-bond donors (Lipinski definition) is 1. The zero-order chi connectivity index (χ0) is 17.4. The highest BCUT2D eigenvalue weighted by Crippen LogP contribution is 2.30. The summed E-state index contributed by atoms with van der Waals surface area (Å²) in [6.07, 6.45) is 2.97. The van der Waals surface area contributed by atoms with Crippen molar-refractivity contribution in [1.82, 2.24) is 0 Å². The Morgan fingerprint density at radius 3 is 2.62 bits per heavy atom. The molecule has 0 aliphatic rings. The number of hydrogen-bond acceptors (Lipinski definition) is 4. The minimum Gasteiger partial charge on any atom is -0.507 e. The Balaban J connectivity index is 2.30. The highest BCUT2D eigenvalue weighted by atomic mass is 16.5. The van der Waals surface area contributed by atoms with Crippen molar-refractivity contribution in [1.29, 1.82) is 0 Å². The van der Waals surface area contributed by atoms with Crippen molar-refractivity contribution in [3.63, 3.8) is 0 Å². The van der Waals surface area contributed by atoms with Crippen LogP contribution in [0, 0.1) is 0 Å². The van der Waals surface area contributed by atoms with E-state index in [-0.39, 0.29) is 17.9 Å². The van der Waals surface area contributed by atoms with E-state index in [1.165, 1.54) is 6.07 Å². The summed E-state index contributed by atoms with van der Waals surface area (Å²) in [7, 11) is 0. The molecule has 0 aliphatic heterocycles. The molecule has 0 saturated heterocycles. The third kappa shape index (κ3) is 4.62. The molecule has 2 aromatic rings. The summed E-state index contributed by atoms with van der Waals surface area (Å²) in [5, 5.41) is 10.3. The number of carbonyl (C=O) groups excluding carboxylic acids is 1. The van der Waals surface area contributed by atoms with E-state index in [9.17, 15) is 9.90 Å². The topological polar surface area (TPSA) is 55.8 Å². The Morgan fingerprint density at radius 2 is 1.96 bits per heavy atom. The highest BCUT2D eigenvalue weighted by Gasteiger charge is 2.19. The standard InChI is InChI=1S/C20H22O4/c1-3-12-24-17-13-16(11-10-15-8-6-5-7-9-15)19(18(21)14-17)20(22)23-4-2/h3,5-9,13-14,21H,1,4,10-12H2,2H3. The van der Waals surface area contributed by atoms with Gasteiger partial charge in [0.25, 0.3) is 0 Å². The lowest BCUT2D eigenvalue weighted by molar-refractivity contribution is 0.0521. The maximum absolute atomic E-state index is 12.2. The fourth-order valence-electron chi connectivity index (χ4n) is 2.46.